The zero-order valence-electron chi connectivity index (χ0n) is 26.9. The molecule has 1 heterocycles. The first kappa shape index (κ1) is 26.2. The Morgan fingerprint density at radius 1 is 0.396 bits per heavy atom. The molecule has 0 atom stereocenters. The molecule has 8 aromatic carbocycles. The molecule has 0 radical (unpaired) electrons. The highest BCUT2D eigenvalue weighted by molar-refractivity contribution is 6.22. The maximum absolute atomic E-state index is 2.50. The third kappa shape index (κ3) is 3.26. The van der Waals surface area contributed by atoms with Gasteiger partial charge in [0.15, 0.2) is 0 Å². The number of hydrogen-bond donors (Lipinski definition) is 0. The summed E-state index contributed by atoms with van der Waals surface area (Å²) in [5.74, 6) is 0. The number of fused-ring (bicyclic) bond motifs is 11. The van der Waals surface area contributed by atoms with Crippen molar-refractivity contribution >= 4 is 43.4 Å². The average molecular weight is 610 g/mol. The molecule has 9 aromatic rings. The summed E-state index contributed by atoms with van der Waals surface area (Å²) in [5.41, 5.74) is 17.0. The summed E-state index contributed by atoms with van der Waals surface area (Å²) >= 11 is 0. The fourth-order valence-electron chi connectivity index (χ4n) is 9.11. The Balaban J connectivity index is 1.14. The average Bonchev–Trinajstić information content (AvgIpc) is 3.72. The Labute approximate surface area is 279 Å². The molecule has 0 saturated heterocycles. The van der Waals surface area contributed by atoms with Gasteiger partial charge in [-0.15, -0.1) is 0 Å². The number of rotatable bonds is 2. The molecule has 48 heavy (non-hydrogen) atoms. The number of benzene rings is 8. The predicted molar refractivity (Wildman–Crippen MR) is 203 cm³/mol. The third-order valence-corrected chi connectivity index (χ3v) is 11.3. The van der Waals surface area contributed by atoms with Crippen LogP contribution in [0.3, 0.4) is 0 Å². The lowest BCUT2D eigenvalue weighted by molar-refractivity contribution is 0.661. The van der Waals surface area contributed by atoms with Crippen LogP contribution in [0.15, 0.2) is 152 Å². The zero-order chi connectivity index (χ0) is 31.7. The largest absolute Gasteiger partial charge is 0.309 e. The minimum absolute atomic E-state index is 0.0538. The Bertz CT molecular complexity index is 2820. The highest BCUT2D eigenvalue weighted by atomic mass is 15.0. The molecule has 1 aromatic heterocycles. The van der Waals surface area contributed by atoms with Crippen LogP contribution in [0.2, 0.25) is 0 Å². The van der Waals surface area contributed by atoms with Gasteiger partial charge < -0.3 is 4.57 Å². The number of aromatic nitrogens is 1. The first-order chi connectivity index (χ1) is 23.6. The van der Waals surface area contributed by atoms with E-state index in [0.29, 0.717) is 0 Å². The first-order valence-electron chi connectivity index (χ1n) is 16.9. The summed E-state index contributed by atoms with van der Waals surface area (Å²) in [4.78, 5) is 0. The molecule has 0 bridgehead atoms. The first-order valence-corrected chi connectivity index (χ1v) is 16.9. The van der Waals surface area contributed by atoms with Crippen LogP contribution in [0.4, 0.5) is 0 Å². The van der Waals surface area contributed by atoms with Gasteiger partial charge in [0, 0.05) is 21.9 Å². The van der Waals surface area contributed by atoms with E-state index in [1.807, 2.05) is 0 Å². The maximum Gasteiger partial charge on any atom is 0.0547 e. The topological polar surface area (TPSA) is 4.93 Å². The Morgan fingerprint density at radius 2 is 1.06 bits per heavy atom. The molecule has 1 heteroatoms. The van der Waals surface area contributed by atoms with Crippen molar-refractivity contribution in [3.05, 3.63) is 163 Å². The van der Waals surface area contributed by atoms with Gasteiger partial charge in [-0.3, -0.25) is 0 Å². The second-order valence-corrected chi connectivity index (χ2v) is 14.1. The lowest BCUT2D eigenvalue weighted by Gasteiger charge is -2.21. The number of nitrogens with zero attached hydrogens (tertiary/aromatic N) is 1. The summed E-state index contributed by atoms with van der Waals surface area (Å²) < 4.78 is 2.49. The zero-order valence-corrected chi connectivity index (χ0v) is 26.9. The minimum atomic E-state index is -0.0538. The third-order valence-electron chi connectivity index (χ3n) is 11.3. The minimum Gasteiger partial charge on any atom is -0.309 e. The van der Waals surface area contributed by atoms with Crippen LogP contribution in [0, 0.1) is 0 Å². The highest BCUT2D eigenvalue weighted by Crippen LogP contribution is 2.52. The van der Waals surface area contributed by atoms with Crippen molar-refractivity contribution in [1.82, 2.24) is 4.57 Å². The van der Waals surface area contributed by atoms with E-state index in [4.69, 9.17) is 0 Å². The molecule has 0 saturated carbocycles. The van der Waals surface area contributed by atoms with Crippen molar-refractivity contribution in [3.8, 4) is 50.2 Å². The van der Waals surface area contributed by atoms with Crippen LogP contribution < -0.4 is 0 Å². The fourth-order valence-corrected chi connectivity index (χ4v) is 9.11. The SMILES string of the molecule is CC1(C)c2ccccc2-c2cc3c(cc21)c1c2ccccc2ccc1n3-c1ccc(-c2ccc3c4c(cccc24)-c2ccccc2-3)cc1. The monoisotopic (exact) mass is 609 g/mol. The van der Waals surface area contributed by atoms with E-state index in [-0.39, 0.29) is 5.41 Å². The lowest BCUT2D eigenvalue weighted by atomic mass is 9.82. The van der Waals surface area contributed by atoms with Gasteiger partial charge in [0.1, 0.15) is 0 Å². The van der Waals surface area contributed by atoms with Crippen molar-refractivity contribution in [2.75, 3.05) is 0 Å². The molecule has 0 amide bonds. The van der Waals surface area contributed by atoms with Gasteiger partial charge in [-0.05, 0) is 108 Å². The van der Waals surface area contributed by atoms with Crippen LogP contribution >= 0.6 is 0 Å². The molecular formula is C47H31N. The molecule has 0 spiro atoms. The van der Waals surface area contributed by atoms with Crippen molar-refractivity contribution in [2.24, 2.45) is 0 Å². The van der Waals surface area contributed by atoms with E-state index < -0.39 is 0 Å². The molecular weight excluding hydrogens is 579 g/mol. The van der Waals surface area contributed by atoms with Crippen molar-refractivity contribution < 1.29 is 0 Å². The summed E-state index contributed by atoms with van der Waals surface area (Å²) in [7, 11) is 0. The van der Waals surface area contributed by atoms with Crippen molar-refractivity contribution in [1.29, 1.82) is 0 Å². The molecule has 0 N–H and O–H groups in total. The van der Waals surface area contributed by atoms with Crippen molar-refractivity contribution in [2.45, 2.75) is 19.3 Å². The molecule has 2 aliphatic rings. The van der Waals surface area contributed by atoms with Gasteiger partial charge in [-0.1, -0.05) is 135 Å². The van der Waals surface area contributed by atoms with Gasteiger partial charge in [0.2, 0.25) is 0 Å². The maximum atomic E-state index is 2.50. The molecule has 1 nitrogen and oxygen atoms in total. The quantitative estimate of drug-likeness (QED) is 0.184. The van der Waals surface area contributed by atoms with E-state index in [2.05, 4.69) is 170 Å². The summed E-state index contributed by atoms with van der Waals surface area (Å²) in [6, 6.07) is 56.8. The van der Waals surface area contributed by atoms with Gasteiger partial charge in [-0.2, -0.15) is 0 Å². The highest BCUT2D eigenvalue weighted by Gasteiger charge is 2.36. The van der Waals surface area contributed by atoms with E-state index in [0.717, 1.165) is 0 Å². The fraction of sp³-hybridized carbons (Fsp3) is 0.0638. The van der Waals surface area contributed by atoms with E-state index in [1.165, 1.54) is 105 Å². The van der Waals surface area contributed by atoms with Gasteiger partial charge in [0.05, 0.1) is 11.0 Å². The van der Waals surface area contributed by atoms with E-state index in [9.17, 15) is 0 Å². The van der Waals surface area contributed by atoms with Crippen LogP contribution in [-0.2, 0) is 5.41 Å². The normalized spacial score (nSPS) is 13.8. The molecule has 0 fully saturated rings. The Morgan fingerprint density at radius 3 is 1.90 bits per heavy atom. The van der Waals surface area contributed by atoms with E-state index >= 15 is 0 Å². The molecule has 0 unspecified atom stereocenters. The van der Waals surface area contributed by atoms with Crippen LogP contribution in [-0.4, -0.2) is 4.57 Å². The second kappa shape index (κ2) is 9.12. The van der Waals surface area contributed by atoms with Crippen LogP contribution in [0.25, 0.3) is 93.5 Å². The van der Waals surface area contributed by atoms with Gasteiger partial charge in [0.25, 0.3) is 0 Å². The van der Waals surface area contributed by atoms with E-state index in [1.54, 1.807) is 0 Å². The van der Waals surface area contributed by atoms with Crippen molar-refractivity contribution in [3.63, 3.8) is 0 Å². The Kier molecular flexibility index (Phi) is 4.97. The van der Waals surface area contributed by atoms with Crippen LogP contribution in [0.5, 0.6) is 0 Å². The van der Waals surface area contributed by atoms with Gasteiger partial charge in [-0.25, -0.2) is 0 Å². The van der Waals surface area contributed by atoms with Gasteiger partial charge >= 0.3 is 0 Å². The summed E-state index contributed by atoms with van der Waals surface area (Å²) in [5, 5.41) is 7.90. The molecule has 2 aliphatic carbocycles. The smallest absolute Gasteiger partial charge is 0.0547 e. The molecule has 0 aliphatic heterocycles. The summed E-state index contributed by atoms with van der Waals surface area (Å²) in [6.07, 6.45) is 0. The second-order valence-electron chi connectivity index (χ2n) is 14.1. The predicted octanol–water partition coefficient (Wildman–Crippen LogP) is 12.7. The van der Waals surface area contributed by atoms with Crippen LogP contribution in [0.1, 0.15) is 25.0 Å². The standard InChI is InChI=1S/C47H31N/c1-47(2)41-17-8-7-14-35(41)39-27-44-40(26-42(39)47)46-32-11-4-3-10-28(32)20-25-43(46)48(44)30-21-18-29(19-22-30)31-23-24-38-34-13-6-5-12-33(34)37-16-9-15-36(31)45(37)38/h3-27H,1-2H3. The molecule has 11 rings (SSSR count). The number of hydrogen-bond acceptors (Lipinski definition) is 0. The Hall–Kier alpha value is -5.92. The summed E-state index contributed by atoms with van der Waals surface area (Å²) in [6.45, 7) is 4.75. The lowest BCUT2D eigenvalue weighted by Crippen LogP contribution is -2.14. The molecule has 224 valence electrons.